The number of hydrogen-bond donors (Lipinski definition) is 1. The lowest BCUT2D eigenvalue weighted by Gasteiger charge is -2.21. The third-order valence-electron chi connectivity index (χ3n) is 2.69. The van der Waals surface area contributed by atoms with Crippen LogP contribution in [0.1, 0.15) is 30.4 Å². The van der Waals surface area contributed by atoms with Crippen molar-refractivity contribution in [2.24, 2.45) is 0 Å². The Kier molecular flexibility index (Phi) is 3.32. The van der Waals surface area contributed by atoms with E-state index in [1.807, 2.05) is 0 Å². The molecule has 2 atom stereocenters. The Morgan fingerprint density at radius 2 is 2.06 bits per heavy atom. The minimum absolute atomic E-state index is 0.100. The number of carbonyl (C=O) groups is 1. The van der Waals surface area contributed by atoms with Gasteiger partial charge < -0.3 is 14.6 Å². The first-order chi connectivity index (χ1) is 8.48. The van der Waals surface area contributed by atoms with Crippen molar-refractivity contribution in [1.29, 1.82) is 0 Å². The van der Waals surface area contributed by atoms with Crippen molar-refractivity contribution in [3.8, 4) is 0 Å². The van der Waals surface area contributed by atoms with Gasteiger partial charge in [0.2, 0.25) is 0 Å². The highest BCUT2D eigenvalue weighted by Gasteiger charge is 2.54. The molecule has 1 aliphatic rings. The van der Waals surface area contributed by atoms with Crippen LogP contribution in [0, 0.1) is 0 Å². The highest BCUT2D eigenvalue weighted by atomic mass is 19.3. The Morgan fingerprint density at radius 1 is 1.44 bits per heavy atom. The lowest BCUT2D eigenvalue weighted by molar-refractivity contribution is -0.218. The minimum Gasteiger partial charge on any atom is -0.461 e. The second kappa shape index (κ2) is 4.62. The van der Waals surface area contributed by atoms with Crippen molar-refractivity contribution in [3.63, 3.8) is 0 Å². The Bertz CT molecular complexity index is 461. The number of rotatable bonds is 3. The van der Waals surface area contributed by atoms with E-state index in [-0.39, 0.29) is 17.7 Å². The smallest absolute Gasteiger partial charge is 0.380 e. The van der Waals surface area contributed by atoms with Crippen molar-refractivity contribution in [2.45, 2.75) is 25.2 Å². The molecule has 0 spiro atoms. The summed E-state index contributed by atoms with van der Waals surface area (Å²) in [6.07, 6.45) is -3.27. The number of hydrogen-bond acceptors (Lipinski definition) is 4. The summed E-state index contributed by atoms with van der Waals surface area (Å²) in [6, 6.07) is 6.00. The molecule has 1 aliphatic heterocycles. The summed E-state index contributed by atoms with van der Waals surface area (Å²) in [5.41, 5.74) is 0.342. The number of aliphatic hydroxyl groups is 1. The highest BCUT2D eigenvalue weighted by molar-refractivity contribution is 5.79. The van der Waals surface area contributed by atoms with Gasteiger partial charge in [-0.25, -0.2) is 4.79 Å². The zero-order valence-corrected chi connectivity index (χ0v) is 9.60. The van der Waals surface area contributed by atoms with Crippen LogP contribution in [-0.2, 0) is 14.3 Å². The number of carbonyl (C=O) groups excluding carboxylic acids is 1. The van der Waals surface area contributed by atoms with Gasteiger partial charge in [0.05, 0.1) is 6.61 Å². The third-order valence-corrected chi connectivity index (χ3v) is 2.69. The van der Waals surface area contributed by atoms with Gasteiger partial charge in [0.25, 0.3) is 0 Å². The van der Waals surface area contributed by atoms with Crippen molar-refractivity contribution >= 4 is 5.97 Å². The lowest BCUT2D eigenvalue weighted by Crippen LogP contribution is -2.37. The van der Waals surface area contributed by atoms with Crippen LogP contribution >= 0.6 is 0 Å². The average Bonchev–Trinajstić information content (AvgIpc) is 2.68. The van der Waals surface area contributed by atoms with Crippen molar-refractivity contribution < 1.29 is 28.2 Å². The molecule has 1 aromatic carbocycles. The minimum atomic E-state index is -3.83. The van der Waals surface area contributed by atoms with E-state index in [0.29, 0.717) is 0 Å². The van der Waals surface area contributed by atoms with Crippen molar-refractivity contribution in [3.05, 3.63) is 35.4 Å². The molecule has 6 heteroatoms. The van der Waals surface area contributed by atoms with Crippen LogP contribution in [0.4, 0.5) is 8.78 Å². The molecule has 4 nitrogen and oxygen atoms in total. The lowest BCUT2D eigenvalue weighted by atomic mass is 10.0. The van der Waals surface area contributed by atoms with E-state index in [1.165, 1.54) is 25.1 Å². The van der Waals surface area contributed by atoms with Crippen molar-refractivity contribution in [1.82, 2.24) is 0 Å². The third kappa shape index (κ3) is 1.97. The molecule has 0 fully saturated rings. The van der Waals surface area contributed by atoms with Gasteiger partial charge in [-0.05, 0) is 12.5 Å². The Morgan fingerprint density at radius 3 is 2.67 bits per heavy atom. The molecule has 1 aromatic rings. The van der Waals surface area contributed by atoms with Gasteiger partial charge in [0, 0.05) is 5.56 Å². The number of ether oxygens (including phenoxy) is 2. The summed E-state index contributed by atoms with van der Waals surface area (Å²) in [6.45, 7) is 1.29. The summed E-state index contributed by atoms with van der Waals surface area (Å²) in [7, 11) is 0. The maximum atomic E-state index is 13.9. The molecular weight excluding hydrogens is 246 g/mol. The molecule has 0 aliphatic carbocycles. The van der Waals surface area contributed by atoms with E-state index in [1.54, 1.807) is 6.07 Å². The van der Waals surface area contributed by atoms with E-state index in [0.717, 1.165) is 0 Å². The van der Waals surface area contributed by atoms with Crippen LogP contribution in [0.15, 0.2) is 24.3 Å². The Labute approximate surface area is 102 Å². The Hall–Kier alpha value is -1.53. The monoisotopic (exact) mass is 258 g/mol. The van der Waals surface area contributed by atoms with E-state index >= 15 is 0 Å². The van der Waals surface area contributed by atoms with Gasteiger partial charge in [-0.15, -0.1) is 0 Å². The van der Waals surface area contributed by atoms with Gasteiger partial charge in [-0.1, -0.05) is 24.3 Å². The predicted molar refractivity (Wildman–Crippen MR) is 56.8 cm³/mol. The zero-order valence-electron chi connectivity index (χ0n) is 9.60. The first-order valence-corrected chi connectivity index (χ1v) is 5.45. The van der Waals surface area contributed by atoms with Crippen LogP contribution in [0.3, 0.4) is 0 Å². The van der Waals surface area contributed by atoms with Gasteiger partial charge in [-0.2, -0.15) is 8.78 Å². The normalized spacial score (nSPS) is 22.7. The predicted octanol–water partition coefficient (Wildman–Crippen LogP) is 1.95. The molecule has 1 N–H and O–H groups in total. The van der Waals surface area contributed by atoms with Crippen LogP contribution < -0.4 is 0 Å². The van der Waals surface area contributed by atoms with Crippen LogP contribution in [0.25, 0.3) is 0 Å². The standard InChI is InChI=1S/C12H12F2O4/c1-2-17-11(16)12(13,14)9-7-5-3-4-6-8(7)10(15)18-9/h3-6,9-10,15H,2H2,1H3/t9-,10?/m0/s1. The van der Waals surface area contributed by atoms with E-state index in [4.69, 9.17) is 4.74 Å². The zero-order chi connectivity index (χ0) is 13.3. The molecule has 0 aromatic heterocycles. The molecule has 98 valence electrons. The molecule has 1 unspecified atom stereocenters. The number of benzene rings is 1. The van der Waals surface area contributed by atoms with E-state index < -0.39 is 24.3 Å². The summed E-state index contributed by atoms with van der Waals surface area (Å²) >= 11 is 0. The van der Waals surface area contributed by atoms with Gasteiger partial charge in [0.1, 0.15) is 0 Å². The number of esters is 1. The fraction of sp³-hybridized carbons (Fsp3) is 0.417. The van der Waals surface area contributed by atoms with Crippen LogP contribution in [0.2, 0.25) is 0 Å². The average molecular weight is 258 g/mol. The molecular formula is C12H12F2O4. The Balaban J connectivity index is 2.33. The summed E-state index contributed by atoms with van der Waals surface area (Å²) in [4.78, 5) is 11.2. The maximum Gasteiger partial charge on any atom is 0.380 e. The van der Waals surface area contributed by atoms with Crippen LogP contribution in [-0.4, -0.2) is 23.6 Å². The molecule has 0 bridgehead atoms. The summed E-state index contributed by atoms with van der Waals surface area (Å²) in [5, 5.41) is 9.52. The number of halogens is 2. The highest BCUT2D eigenvalue weighted by Crippen LogP contribution is 2.46. The second-order valence-corrected chi connectivity index (χ2v) is 3.84. The molecule has 0 amide bonds. The fourth-order valence-corrected chi connectivity index (χ4v) is 1.87. The molecule has 1 heterocycles. The summed E-state index contributed by atoms with van der Waals surface area (Å²) < 4.78 is 36.8. The van der Waals surface area contributed by atoms with Gasteiger partial charge in [-0.3, -0.25) is 0 Å². The topological polar surface area (TPSA) is 55.8 Å². The van der Waals surface area contributed by atoms with Gasteiger partial charge in [0.15, 0.2) is 12.4 Å². The summed E-state index contributed by atoms with van der Waals surface area (Å²) in [5.74, 6) is -5.48. The second-order valence-electron chi connectivity index (χ2n) is 3.84. The number of fused-ring (bicyclic) bond motifs is 1. The molecule has 0 saturated heterocycles. The van der Waals surface area contributed by atoms with Crippen LogP contribution in [0.5, 0.6) is 0 Å². The quantitative estimate of drug-likeness (QED) is 0.842. The molecule has 0 saturated carbocycles. The molecule has 2 rings (SSSR count). The molecule has 0 radical (unpaired) electrons. The van der Waals surface area contributed by atoms with Gasteiger partial charge >= 0.3 is 11.9 Å². The largest absolute Gasteiger partial charge is 0.461 e. The first-order valence-electron chi connectivity index (χ1n) is 5.45. The number of alkyl halides is 2. The van der Waals surface area contributed by atoms with E-state index in [2.05, 4.69) is 4.74 Å². The molecule has 18 heavy (non-hydrogen) atoms. The maximum absolute atomic E-state index is 13.9. The van der Waals surface area contributed by atoms with E-state index in [9.17, 15) is 18.7 Å². The van der Waals surface area contributed by atoms with Crippen molar-refractivity contribution in [2.75, 3.05) is 6.61 Å². The number of aliphatic hydroxyl groups excluding tert-OH is 1. The SMILES string of the molecule is CCOC(=O)C(F)(F)[C@H]1OC(O)c2ccccc21. The first kappa shape index (κ1) is 12.9. The fourth-order valence-electron chi connectivity index (χ4n) is 1.87.